The lowest BCUT2D eigenvalue weighted by Gasteiger charge is -2.32. The van der Waals surface area contributed by atoms with Gasteiger partial charge in [-0.3, -0.25) is 0 Å². The number of rotatable bonds is 4. The van der Waals surface area contributed by atoms with Gasteiger partial charge >= 0.3 is 0 Å². The van der Waals surface area contributed by atoms with E-state index in [1.165, 1.54) is 22.2 Å². The molecule has 4 rings (SSSR count). The van der Waals surface area contributed by atoms with Gasteiger partial charge in [0.2, 0.25) is 0 Å². The fourth-order valence-electron chi connectivity index (χ4n) is 3.46. The van der Waals surface area contributed by atoms with Gasteiger partial charge in [-0.2, -0.15) is 0 Å². The molecular weight excluding hydrogens is 310 g/mol. The number of anilines is 2. The highest BCUT2D eigenvalue weighted by molar-refractivity contribution is 5.93. The summed E-state index contributed by atoms with van der Waals surface area (Å²) >= 11 is 0. The maximum Gasteiger partial charge on any atom is 0.128 e. The number of hydrogen-bond donors (Lipinski definition) is 2. The van der Waals surface area contributed by atoms with Crippen LogP contribution in [0.1, 0.15) is 18.1 Å². The average molecular weight is 333 g/mol. The van der Waals surface area contributed by atoms with E-state index in [9.17, 15) is 5.11 Å². The van der Waals surface area contributed by atoms with Gasteiger partial charge in [0.25, 0.3) is 0 Å². The first-order valence-corrected chi connectivity index (χ1v) is 8.84. The second-order valence-corrected chi connectivity index (χ2v) is 6.71. The number of aliphatic hydroxyl groups is 1. The Hall–Kier alpha value is -2.59. The number of nitrogens with zero attached hydrogens (tertiary/aromatic N) is 2. The Morgan fingerprint density at radius 3 is 2.72 bits per heavy atom. The fraction of sp³-hybridized carbons (Fsp3) is 0.286. The van der Waals surface area contributed by atoms with E-state index >= 15 is 0 Å². The van der Waals surface area contributed by atoms with Crippen LogP contribution in [0.5, 0.6) is 0 Å². The normalized spacial score (nSPS) is 15.0. The summed E-state index contributed by atoms with van der Waals surface area (Å²) in [6.07, 6.45) is 0.655. The third-order valence-electron chi connectivity index (χ3n) is 4.74. The lowest BCUT2D eigenvalue weighted by molar-refractivity contribution is 0.208. The molecule has 2 N–H and O–H groups in total. The number of benzene rings is 2. The molecule has 1 aromatic heterocycles. The maximum atomic E-state index is 9.55. The van der Waals surface area contributed by atoms with Crippen molar-refractivity contribution in [1.29, 1.82) is 0 Å². The molecule has 0 aliphatic carbocycles. The molecule has 3 aromatic rings. The molecule has 0 radical (unpaired) electrons. The molecule has 1 aliphatic heterocycles. The molecule has 0 saturated carbocycles. The van der Waals surface area contributed by atoms with Crippen molar-refractivity contribution < 1.29 is 5.11 Å². The Balaban J connectivity index is 1.73. The number of pyridine rings is 1. The Kier molecular flexibility index (Phi) is 4.28. The first-order chi connectivity index (χ1) is 12.2. The van der Waals surface area contributed by atoms with Crippen LogP contribution in [-0.2, 0) is 13.0 Å². The highest BCUT2D eigenvalue weighted by atomic mass is 16.3. The topological polar surface area (TPSA) is 48.4 Å². The van der Waals surface area contributed by atoms with E-state index in [1.807, 2.05) is 12.1 Å². The predicted octanol–water partition coefficient (Wildman–Crippen LogP) is 3.59. The monoisotopic (exact) mass is 333 g/mol. The lowest BCUT2D eigenvalue weighted by Crippen LogP contribution is -2.30. The van der Waals surface area contributed by atoms with Crippen molar-refractivity contribution in [1.82, 2.24) is 4.98 Å². The average Bonchev–Trinajstić information content (AvgIpc) is 2.65. The zero-order valence-electron chi connectivity index (χ0n) is 14.4. The Labute approximate surface area is 148 Å². The molecule has 2 aromatic carbocycles. The summed E-state index contributed by atoms with van der Waals surface area (Å²) in [5, 5.41) is 14.0. The van der Waals surface area contributed by atoms with Gasteiger partial charge in [-0.15, -0.1) is 0 Å². The lowest BCUT2D eigenvalue weighted by atomic mass is 9.99. The Morgan fingerprint density at radius 1 is 1.12 bits per heavy atom. The van der Waals surface area contributed by atoms with E-state index in [4.69, 9.17) is 4.98 Å². The molecule has 2 heterocycles. The third kappa shape index (κ3) is 3.30. The standard InChI is InChI=1S/C21H23N3O/c1-15(25)13-22-21-12-20(18-8-4-5-9-19(18)23-21)24-11-10-16-6-2-3-7-17(16)14-24/h2-9,12,15,25H,10-11,13-14H2,1H3,(H,22,23)/t15-/m0/s1. The molecule has 0 bridgehead atoms. The molecule has 4 nitrogen and oxygen atoms in total. The Morgan fingerprint density at radius 2 is 1.88 bits per heavy atom. The number of aliphatic hydroxyl groups excluding tert-OH is 1. The van der Waals surface area contributed by atoms with Gasteiger partial charge in [0.05, 0.1) is 17.3 Å². The number of para-hydroxylation sites is 1. The van der Waals surface area contributed by atoms with Crippen molar-refractivity contribution in [3.8, 4) is 0 Å². The molecule has 1 aliphatic rings. The van der Waals surface area contributed by atoms with Crippen LogP contribution in [0.3, 0.4) is 0 Å². The van der Waals surface area contributed by atoms with Gasteiger partial charge in [-0.05, 0) is 30.5 Å². The zero-order valence-corrected chi connectivity index (χ0v) is 14.4. The molecule has 0 amide bonds. The molecule has 4 heteroatoms. The van der Waals surface area contributed by atoms with Crippen molar-refractivity contribution in [3.63, 3.8) is 0 Å². The molecule has 0 fully saturated rings. The largest absolute Gasteiger partial charge is 0.392 e. The number of nitrogens with one attached hydrogen (secondary N) is 1. The van der Waals surface area contributed by atoms with Crippen LogP contribution in [0.2, 0.25) is 0 Å². The minimum Gasteiger partial charge on any atom is -0.392 e. The summed E-state index contributed by atoms with van der Waals surface area (Å²) < 4.78 is 0. The van der Waals surface area contributed by atoms with E-state index in [0.29, 0.717) is 6.54 Å². The van der Waals surface area contributed by atoms with Gasteiger partial charge in [0.15, 0.2) is 0 Å². The molecule has 1 atom stereocenters. The van der Waals surface area contributed by atoms with Crippen molar-refractivity contribution in [2.75, 3.05) is 23.3 Å². The Bertz CT molecular complexity index is 891. The predicted molar refractivity (Wildman–Crippen MR) is 103 cm³/mol. The summed E-state index contributed by atoms with van der Waals surface area (Å²) in [5.74, 6) is 0.813. The number of aromatic nitrogens is 1. The molecule has 0 saturated heterocycles. The van der Waals surface area contributed by atoms with Crippen LogP contribution in [0, 0.1) is 0 Å². The van der Waals surface area contributed by atoms with Gasteiger partial charge in [-0.25, -0.2) is 4.98 Å². The van der Waals surface area contributed by atoms with Crippen LogP contribution in [0.15, 0.2) is 54.6 Å². The number of fused-ring (bicyclic) bond motifs is 2. The summed E-state index contributed by atoms with van der Waals surface area (Å²) in [5.41, 5.74) is 5.03. The van der Waals surface area contributed by atoms with Crippen LogP contribution >= 0.6 is 0 Å². The third-order valence-corrected chi connectivity index (χ3v) is 4.74. The highest BCUT2D eigenvalue weighted by Gasteiger charge is 2.19. The second-order valence-electron chi connectivity index (χ2n) is 6.71. The molecule has 25 heavy (non-hydrogen) atoms. The minimum atomic E-state index is -0.404. The van der Waals surface area contributed by atoms with Crippen LogP contribution < -0.4 is 10.2 Å². The van der Waals surface area contributed by atoms with Gasteiger partial charge in [0.1, 0.15) is 5.82 Å². The molecule has 128 valence electrons. The van der Waals surface area contributed by atoms with E-state index < -0.39 is 6.10 Å². The summed E-state index contributed by atoms with van der Waals surface area (Å²) in [4.78, 5) is 7.13. The zero-order chi connectivity index (χ0) is 17.2. The SMILES string of the molecule is C[C@H](O)CNc1cc(N2CCc3ccccc3C2)c2ccccc2n1. The molecular formula is C21H23N3O. The van der Waals surface area contributed by atoms with Crippen molar-refractivity contribution in [3.05, 3.63) is 65.7 Å². The molecule has 0 unspecified atom stereocenters. The van der Waals surface area contributed by atoms with Gasteiger partial charge in [-0.1, -0.05) is 42.5 Å². The van der Waals surface area contributed by atoms with E-state index in [2.05, 4.69) is 52.7 Å². The van der Waals surface area contributed by atoms with Gasteiger partial charge < -0.3 is 15.3 Å². The smallest absolute Gasteiger partial charge is 0.128 e. The van der Waals surface area contributed by atoms with Crippen molar-refractivity contribution >= 4 is 22.4 Å². The summed E-state index contributed by atoms with van der Waals surface area (Å²) in [6, 6.07) is 19.1. The van der Waals surface area contributed by atoms with Crippen LogP contribution in [0.25, 0.3) is 10.9 Å². The van der Waals surface area contributed by atoms with E-state index in [0.717, 1.165) is 30.8 Å². The summed E-state index contributed by atoms with van der Waals surface area (Å²) in [6.45, 7) is 4.19. The first kappa shape index (κ1) is 15.9. The van der Waals surface area contributed by atoms with E-state index in [1.54, 1.807) is 6.92 Å². The van der Waals surface area contributed by atoms with Crippen LogP contribution in [0.4, 0.5) is 11.5 Å². The van der Waals surface area contributed by atoms with Crippen LogP contribution in [-0.4, -0.2) is 29.3 Å². The minimum absolute atomic E-state index is 0.404. The van der Waals surface area contributed by atoms with E-state index in [-0.39, 0.29) is 0 Å². The first-order valence-electron chi connectivity index (χ1n) is 8.84. The molecule has 0 spiro atoms. The highest BCUT2D eigenvalue weighted by Crippen LogP contribution is 2.32. The fourth-order valence-corrected chi connectivity index (χ4v) is 3.46. The van der Waals surface area contributed by atoms with Crippen molar-refractivity contribution in [2.45, 2.75) is 26.0 Å². The van der Waals surface area contributed by atoms with Gasteiger partial charge in [0, 0.05) is 31.1 Å². The second kappa shape index (κ2) is 6.73. The van der Waals surface area contributed by atoms with Crippen molar-refractivity contribution in [2.24, 2.45) is 0 Å². The summed E-state index contributed by atoms with van der Waals surface area (Å²) in [7, 11) is 0. The quantitative estimate of drug-likeness (QED) is 0.766. The number of hydrogen-bond acceptors (Lipinski definition) is 4. The maximum absolute atomic E-state index is 9.55.